The van der Waals surface area contributed by atoms with Crippen LogP contribution in [0.4, 0.5) is 0 Å². The normalized spacial score (nSPS) is 17.0. The Morgan fingerprint density at radius 1 is 1.10 bits per heavy atom. The number of methoxy groups -OCH3 is 1. The van der Waals surface area contributed by atoms with Gasteiger partial charge in [-0.25, -0.2) is 13.2 Å². The molecule has 0 radical (unpaired) electrons. The molecule has 0 N–H and O–H groups in total. The topological polar surface area (TPSA) is 99.2 Å². The quantitative estimate of drug-likeness (QED) is 0.571. The first-order valence-corrected chi connectivity index (χ1v) is 11.6. The maximum absolute atomic E-state index is 12.4. The van der Waals surface area contributed by atoms with E-state index in [1.165, 1.54) is 31.2 Å². The molecule has 166 valence electrons. The molecule has 1 heterocycles. The Morgan fingerprint density at radius 2 is 1.84 bits per heavy atom. The monoisotopic (exact) mass is 447 g/mol. The summed E-state index contributed by atoms with van der Waals surface area (Å²) in [6.07, 6.45) is 0.389. The number of hydrogen-bond donors (Lipinski definition) is 0. The molecule has 0 aliphatic carbocycles. The van der Waals surface area contributed by atoms with Crippen molar-refractivity contribution in [2.75, 3.05) is 32.3 Å². The fourth-order valence-corrected chi connectivity index (χ4v) is 5.02. The summed E-state index contributed by atoms with van der Waals surface area (Å²) >= 11 is 0. The van der Waals surface area contributed by atoms with Gasteiger partial charge in [0, 0.05) is 13.1 Å². The van der Waals surface area contributed by atoms with E-state index < -0.39 is 34.4 Å². The average molecular weight is 448 g/mol. The SMILES string of the molecule is COc1cc(C(=O)OCC(=O)N(C)C2CCS(=O)(=O)C2)ccc1OCc1ccccc1. The molecule has 3 rings (SSSR count). The summed E-state index contributed by atoms with van der Waals surface area (Å²) in [5.74, 6) is -0.302. The minimum Gasteiger partial charge on any atom is -0.493 e. The van der Waals surface area contributed by atoms with Crippen molar-refractivity contribution < 1.29 is 32.2 Å². The highest BCUT2D eigenvalue weighted by molar-refractivity contribution is 7.91. The molecule has 2 aromatic rings. The van der Waals surface area contributed by atoms with Crippen molar-refractivity contribution in [3.05, 3.63) is 59.7 Å². The highest BCUT2D eigenvalue weighted by Gasteiger charge is 2.33. The second kappa shape index (κ2) is 9.82. The molecular weight excluding hydrogens is 422 g/mol. The van der Waals surface area contributed by atoms with E-state index in [1.54, 1.807) is 6.07 Å². The molecule has 9 heteroatoms. The molecule has 1 amide bonds. The minimum atomic E-state index is -3.11. The van der Waals surface area contributed by atoms with Crippen LogP contribution < -0.4 is 9.47 Å². The van der Waals surface area contributed by atoms with Gasteiger partial charge >= 0.3 is 5.97 Å². The number of hydrogen-bond acceptors (Lipinski definition) is 7. The third-order valence-corrected chi connectivity index (χ3v) is 6.86. The van der Waals surface area contributed by atoms with Gasteiger partial charge in [-0.15, -0.1) is 0 Å². The zero-order valence-corrected chi connectivity index (χ0v) is 18.3. The van der Waals surface area contributed by atoms with E-state index in [2.05, 4.69) is 0 Å². The van der Waals surface area contributed by atoms with Gasteiger partial charge in [-0.3, -0.25) is 4.79 Å². The van der Waals surface area contributed by atoms with Crippen molar-refractivity contribution in [2.24, 2.45) is 0 Å². The van der Waals surface area contributed by atoms with Crippen LogP contribution in [0.25, 0.3) is 0 Å². The van der Waals surface area contributed by atoms with E-state index in [1.807, 2.05) is 30.3 Å². The minimum absolute atomic E-state index is 0.0631. The number of benzene rings is 2. The molecule has 1 fully saturated rings. The van der Waals surface area contributed by atoms with Crippen LogP contribution in [0.1, 0.15) is 22.3 Å². The maximum atomic E-state index is 12.4. The number of nitrogens with zero attached hydrogens (tertiary/aromatic N) is 1. The molecule has 0 saturated carbocycles. The van der Waals surface area contributed by atoms with Crippen LogP contribution in [0, 0.1) is 0 Å². The Bertz CT molecular complexity index is 1040. The summed E-state index contributed by atoms with van der Waals surface area (Å²) < 4.78 is 39.4. The Balaban J connectivity index is 1.56. The van der Waals surface area contributed by atoms with Gasteiger partial charge in [-0.2, -0.15) is 0 Å². The molecule has 1 saturated heterocycles. The van der Waals surface area contributed by atoms with Gasteiger partial charge in [0.25, 0.3) is 5.91 Å². The van der Waals surface area contributed by atoms with Gasteiger partial charge in [0.15, 0.2) is 27.9 Å². The lowest BCUT2D eigenvalue weighted by Gasteiger charge is -2.23. The van der Waals surface area contributed by atoms with E-state index >= 15 is 0 Å². The van der Waals surface area contributed by atoms with Crippen molar-refractivity contribution in [3.8, 4) is 11.5 Å². The third-order valence-electron chi connectivity index (χ3n) is 5.11. The van der Waals surface area contributed by atoms with Crippen LogP contribution in [0.5, 0.6) is 11.5 Å². The van der Waals surface area contributed by atoms with Crippen molar-refractivity contribution in [1.82, 2.24) is 4.90 Å². The zero-order valence-electron chi connectivity index (χ0n) is 17.4. The molecule has 8 nitrogen and oxygen atoms in total. The summed E-state index contributed by atoms with van der Waals surface area (Å²) in [7, 11) is -0.126. The number of sulfone groups is 1. The summed E-state index contributed by atoms with van der Waals surface area (Å²) in [5.41, 5.74) is 1.20. The van der Waals surface area contributed by atoms with Crippen LogP contribution in [0.3, 0.4) is 0 Å². The lowest BCUT2D eigenvalue weighted by atomic mass is 10.2. The van der Waals surface area contributed by atoms with E-state index in [0.29, 0.717) is 24.5 Å². The van der Waals surface area contributed by atoms with Crippen molar-refractivity contribution in [3.63, 3.8) is 0 Å². The molecule has 31 heavy (non-hydrogen) atoms. The Kier molecular flexibility index (Phi) is 7.17. The van der Waals surface area contributed by atoms with Crippen LogP contribution >= 0.6 is 0 Å². The van der Waals surface area contributed by atoms with Crippen molar-refractivity contribution in [1.29, 1.82) is 0 Å². The van der Waals surface area contributed by atoms with Crippen molar-refractivity contribution in [2.45, 2.75) is 19.1 Å². The van der Waals surface area contributed by atoms with E-state index in [4.69, 9.17) is 14.2 Å². The fraction of sp³-hybridized carbons (Fsp3) is 0.364. The molecule has 0 bridgehead atoms. The molecule has 1 atom stereocenters. The summed E-state index contributed by atoms with van der Waals surface area (Å²) in [4.78, 5) is 26.0. The highest BCUT2D eigenvalue weighted by atomic mass is 32.2. The maximum Gasteiger partial charge on any atom is 0.338 e. The first-order valence-electron chi connectivity index (χ1n) is 9.77. The van der Waals surface area contributed by atoms with Crippen molar-refractivity contribution >= 4 is 21.7 Å². The average Bonchev–Trinajstić information content (AvgIpc) is 3.15. The van der Waals surface area contributed by atoms with Gasteiger partial charge in [0.05, 0.1) is 24.2 Å². The largest absolute Gasteiger partial charge is 0.493 e. The van der Waals surface area contributed by atoms with Crippen LogP contribution in [0.2, 0.25) is 0 Å². The lowest BCUT2D eigenvalue weighted by Crippen LogP contribution is -2.40. The first-order chi connectivity index (χ1) is 14.8. The number of amides is 1. The Morgan fingerprint density at radius 3 is 2.48 bits per heavy atom. The van der Waals surface area contributed by atoms with Crippen LogP contribution in [-0.2, 0) is 26.0 Å². The fourth-order valence-electron chi connectivity index (χ4n) is 3.25. The van der Waals surface area contributed by atoms with Gasteiger partial charge in [-0.05, 0) is 30.2 Å². The highest BCUT2D eigenvalue weighted by Crippen LogP contribution is 2.29. The lowest BCUT2D eigenvalue weighted by molar-refractivity contribution is -0.134. The zero-order chi connectivity index (χ0) is 22.4. The van der Waals surface area contributed by atoms with Gasteiger partial charge in [0.2, 0.25) is 0 Å². The van der Waals surface area contributed by atoms with E-state index in [9.17, 15) is 18.0 Å². The number of ether oxygens (including phenoxy) is 3. The number of carbonyl (C=O) groups is 2. The van der Waals surface area contributed by atoms with Gasteiger partial charge < -0.3 is 19.1 Å². The standard InChI is InChI=1S/C22H25NO7S/c1-23(18-10-11-31(26,27)15-18)21(24)14-30-22(25)17-8-9-19(20(12-17)28-2)29-13-16-6-4-3-5-7-16/h3-9,12,18H,10-11,13-15H2,1-2H3. The van der Waals surface area contributed by atoms with Gasteiger partial charge in [-0.1, -0.05) is 30.3 Å². The predicted octanol–water partition coefficient (Wildman–Crippen LogP) is 2.08. The Labute approximate surface area is 181 Å². The third kappa shape index (κ3) is 5.97. The predicted molar refractivity (Wildman–Crippen MR) is 114 cm³/mol. The van der Waals surface area contributed by atoms with Crippen LogP contribution in [0.15, 0.2) is 48.5 Å². The number of carbonyl (C=O) groups excluding carboxylic acids is 2. The molecule has 1 aliphatic heterocycles. The second-order valence-corrected chi connectivity index (χ2v) is 9.51. The summed E-state index contributed by atoms with van der Waals surface area (Å²) in [6.45, 7) is -0.126. The number of likely N-dealkylation sites (N-methyl/N-ethyl adjacent to an activating group) is 1. The van der Waals surface area contributed by atoms with Crippen LogP contribution in [-0.4, -0.2) is 63.5 Å². The first kappa shape index (κ1) is 22.6. The summed E-state index contributed by atoms with van der Waals surface area (Å²) in [6, 6.07) is 13.9. The smallest absolute Gasteiger partial charge is 0.338 e. The molecule has 0 aromatic heterocycles. The second-order valence-electron chi connectivity index (χ2n) is 7.28. The number of esters is 1. The molecule has 1 aliphatic rings. The molecular formula is C22H25NO7S. The molecule has 0 spiro atoms. The van der Waals surface area contributed by atoms with E-state index in [-0.39, 0.29) is 17.1 Å². The Hall–Kier alpha value is -3.07. The summed E-state index contributed by atoms with van der Waals surface area (Å²) in [5, 5.41) is 0. The van der Waals surface area contributed by atoms with Gasteiger partial charge in [0.1, 0.15) is 6.61 Å². The molecule has 1 unspecified atom stereocenters. The van der Waals surface area contributed by atoms with E-state index in [0.717, 1.165) is 5.56 Å². The number of rotatable bonds is 8. The molecule has 2 aromatic carbocycles.